The van der Waals surface area contributed by atoms with Gasteiger partial charge in [0.15, 0.2) is 0 Å². The summed E-state index contributed by atoms with van der Waals surface area (Å²) in [4.78, 5) is 12.4. The molecule has 1 amide bonds. The molecule has 3 heteroatoms. The number of rotatable bonds is 3. The SMILES string of the molecule is CC1(NC(=O)Cc2cccc3ccccc23)CCNCC1. The second-order valence-electron chi connectivity index (χ2n) is 6.17. The van der Waals surface area contributed by atoms with Crippen molar-refractivity contribution in [2.24, 2.45) is 0 Å². The summed E-state index contributed by atoms with van der Waals surface area (Å²) in [7, 11) is 0. The molecule has 1 saturated heterocycles. The van der Waals surface area contributed by atoms with Crippen LogP contribution in [0.3, 0.4) is 0 Å². The number of hydrogen-bond donors (Lipinski definition) is 2. The van der Waals surface area contributed by atoms with Gasteiger partial charge in [-0.3, -0.25) is 4.79 Å². The van der Waals surface area contributed by atoms with Crippen molar-refractivity contribution in [1.29, 1.82) is 0 Å². The monoisotopic (exact) mass is 282 g/mol. The average molecular weight is 282 g/mol. The van der Waals surface area contributed by atoms with Crippen molar-refractivity contribution < 1.29 is 4.79 Å². The number of nitrogens with one attached hydrogen (secondary N) is 2. The van der Waals surface area contributed by atoms with E-state index in [1.165, 1.54) is 10.8 Å². The Kier molecular flexibility index (Phi) is 3.93. The summed E-state index contributed by atoms with van der Waals surface area (Å²) in [5.41, 5.74) is 1.04. The smallest absolute Gasteiger partial charge is 0.224 e. The molecule has 110 valence electrons. The van der Waals surface area contributed by atoms with E-state index in [0.29, 0.717) is 6.42 Å². The van der Waals surface area contributed by atoms with Gasteiger partial charge in [0.05, 0.1) is 6.42 Å². The molecule has 2 N–H and O–H groups in total. The summed E-state index contributed by atoms with van der Waals surface area (Å²) in [6.45, 7) is 4.10. The molecule has 0 saturated carbocycles. The first-order chi connectivity index (χ1) is 10.2. The van der Waals surface area contributed by atoms with E-state index in [1.54, 1.807) is 0 Å². The molecule has 3 nitrogen and oxygen atoms in total. The first kappa shape index (κ1) is 14.1. The van der Waals surface area contributed by atoms with Gasteiger partial charge in [-0.15, -0.1) is 0 Å². The van der Waals surface area contributed by atoms with E-state index in [9.17, 15) is 4.79 Å². The predicted octanol–water partition coefficient (Wildman–Crippen LogP) is 2.64. The molecule has 1 aliphatic heterocycles. The minimum atomic E-state index is -0.0626. The lowest BCUT2D eigenvalue weighted by Gasteiger charge is -2.35. The molecule has 0 aromatic heterocycles. The molecule has 21 heavy (non-hydrogen) atoms. The van der Waals surface area contributed by atoms with Crippen LogP contribution in [0.25, 0.3) is 10.8 Å². The van der Waals surface area contributed by atoms with Gasteiger partial charge in [0.1, 0.15) is 0 Å². The molecule has 0 bridgehead atoms. The van der Waals surface area contributed by atoms with Crippen LogP contribution in [0, 0.1) is 0 Å². The maximum atomic E-state index is 12.4. The maximum Gasteiger partial charge on any atom is 0.224 e. The lowest BCUT2D eigenvalue weighted by atomic mass is 9.90. The highest BCUT2D eigenvalue weighted by Crippen LogP contribution is 2.20. The van der Waals surface area contributed by atoms with Crippen molar-refractivity contribution in [1.82, 2.24) is 10.6 Å². The second kappa shape index (κ2) is 5.86. The Hall–Kier alpha value is -1.87. The molecule has 1 fully saturated rings. The van der Waals surface area contributed by atoms with Crippen LogP contribution in [0.1, 0.15) is 25.3 Å². The number of carbonyl (C=O) groups is 1. The van der Waals surface area contributed by atoms with Crippen molar-refractivity contribution >= 4 is 16.7 Å². The second-order valence-corrected chi connectivity index (χ2v) is 6.17. The predicted molar refractivity (Wildman–Crippen MR) is 86.3 cm³/mol. The highest BCUT2D eigenvalue weighted by molar-refractivity contribution is 5.90. The van der Waals surface area contributed by atoms with Gasteiger partial charge in [0.2, 0.25) is 5.91 Å². The highest BCUT2D eigenvalue weighted by Gasteiger charge is 2.28. The van der Waals surface area contributed by atoms with Gasteiger partial charge < -0.3 is 10.6 Å². The van der Waals surface area contributed by atoms with Crippen LogP contribution in [-0.4, -0.2) is 24.5 Å². The molecule has 1 aliphatic rings. The third kappa shape index (κ3) is 3.24. The van der Waals surface area contributed by atoms with E-state index >= 15 is 0 Å². The highest BCUT2D eigenvalue weighted by atomic mass is 16.1. The van der Waals surface area contributed by atoms with Gasteiger partial charge in [-0.25, -0.2) is 0 Å². The van der Waals surface area contributed by atoms with Crippen LogP contribution < -0.4 is 10.6 Å². The van der Waals surface area contributed by atoms with Crippen molar-refractivity contribution in [3.63, 3.8) is 0 Å². The number of fused-ring (bicyclic) bond motifs is 1. The fraction of sp³-hybridized carbons (Fsp3) is 0.389. The molecule has 2 aromatic carbocycles. The largest absolute Gasteiger partial charge is 0.351 e. The summed E-state index contributed by atoms with van der Waals surface area (Å²) in [5.74, 6) is 0.121. The van der Waals surface area contributed by atoms with Gasteiger partial charge >= 0.3 is 0 Å². The first-order valence-electron chi connectivity index (χ1n) is 7.65. The van der Waals surface area contributed by atoms with E-state index < -0.39 is 0 Å². The number of piperidine rings is 1. The van der Waals surface area contributed by atoms with Crippen LogP contribution in [0.15, 0.2) is 42.5 Å². The summed E-state index contributed by atoms with van der Waals surface area (Å²) >= 11 is 0. The van der Waals surface area contributed by atoms with Crippen LogP contribution in [0.4, 0.5) is 0 Å². The Morgan fingerprint density at radius 3 is 2.67 bits per heavy atom. The quantitative estimate of drug-likeness (QED) is 0.908. The van der Waals surface area contributed by atoms with Crippen LogP contribution in [0.5, 0.6) is 0 Å². The summed E-state index contributed by atoms with van der Waals surface area (Å²) < 4.78 is 0. The molecule has 0 atom stereocenters. The Morgan fingerprint density at radius 2 is 1.86 bits per heavy atom. The summed E-state index contributed by atoms with van der Waals surface area (Å²) in [6.07, 6.45) is 2.44. The molecular formula is C18H22N2O. The molecule has 2 aromatic rings. The molecular weight excluding hydrogens is 260 g/mol. The Labute approximate surface area is 125 Å². The molecule has 0 aliphatic carbocycles. The normalized spacial score (nSPS) is 17.6. The van der Waals surface area contributed by atoms with E-state index in [-0.39, 0.29) is 11.4 Å². The van der Waals surface area contributed by atoms with Crippen molar-refractivity contribution in [3.05, 3.63) is 48.0 Å². The number of hydrogen-bond acceptors (Lipinski definition) is 2. The maximum absolute atomic E-state index is 12.4. The lowest BCUT2D eigenvalue weighted by Crippen LogP contribution is -2.52. The number of carbonyl (C=O) groups excluding carboxylic acids is 1. The summed E-state index contributed by atoms with van der Waals surface area (Å²) in [5, 5.41) is 8.93. The minimum Gasteiger partial charge on any atom is -0.351 e. The molecule has 3 rings (SSSR count). The third-order valence-corrected chi connectivity index (χ3v) is 4.38. The van der Waals surface area contributed by atoms with E-state index in [0.717, 1.165) is 31.5 Å². The zero-order valence-electron chi connectivity index (χ0n) is 12.5. The Morgan fingerprint density at radius 1 is 1.14 bits per heavy atom. The fourth-order valence-electron chi connectivity index (χ4n) is 3.10. The number of benzene rings is 2. The zero-order valence-corrected chi connectivity index (χ0v) is 12.5. The van der Waals surface area contributed by atoms with E-state index in [2.05, 4.69) is 35.8 Å². The molecule has 0 spiro atoms. The minimum absolute atomic E-state index is 0.0626. The Bertz CT molecular complexity index is 639. The molecule has 0 radical (unpaired) electrons. The Balaban J connectivity index is 1.74. The van der Waals surface area contributed by atoms with E-state index in [4.69, 9.17) is 0 Å². The van der Waals surface area contributed by atoms with Crippen LogP contribution >= 0.6 is 0 Å². The van der Waals surface area contributed by atoms with Crippen molar-refractivity contribution in [2.75, 3.05) is 13.1 Å². The van der Waals surface area contributed by atoms with Crippen molar-refractivity contribution in [3.8, 4) is 0 Å². The van der Waals surface area contributed by atoms with Gasteiger partial charge in [0, 0.05) is 5.54 Å². The standard InChI is InChI=1S/C18H22N2O/c1-18(9-11-19-12-10-18)20-17(21)13-15-7-4-6-14-5-2-3-8-16(14)15/h2-8,19H,9-13H2,1H3,(H,20,21). The van der Waals surface area contributed by atoms with Gasteiger partial charge in [-0.05, 0) is 49.2 Å². The van der Waals surface area contributed by atoms with Crippen LogP contribution in [-0.2, 0) is 11.2 Å². The summed E-state index contributed by atoms with van der Waals surface area (Å²) in [6, 6.07) is 14.4. The first-order valence-corrected chi connectivity index (χ1v) is 7.65. The van der Waals surface area contributed by atoms with Gasteiger partial charge in [-0.2, -0.15) is 0 Å². The van der Waals surface area contributed by atoms with E-state index in [1.807, 2.05) is 24.3 Å². The third-order valence-electron chi connectivity index (χ3n) is 4.38. The lowest BCUT2D eigenvalue weighted by molar-refractivity contribution is -0.122. The van der Waals surface area contributed by atoms with Crippen molar-refractivity contribution in [2.45, 2.75) is 31.7 Å². The molecule has 0 unspecified atom stereocenters. The van der Waals surface area contributed by atoms with Gasteiger partial charge in [-0.1, -0.05) is 42.5 Å². The number of amides is 1. The van der Waals surface area contributed by atoms with Gasteiger partial charge in [0.25, 0.3) is 0 Å². The average Bonchev–Trinajstić information content (AvgIpc) is 2.48. The topological polar surface area (TPSA) is 41.1 Å². The van der Waals surface area contributed by atoms with Crippen LogP contribution in [0.2, 0.25) is 0 Å². The molecule has 1 heterocycles. The zero-order chi connectivity index (χ0) is 14.7. The fourth-order valence-corrected chi connectivity index (χ4v) is 3.10.